The molecule has 18 heavy (non-hydrogen) atoms. The predicted octanol–water partition coefficient (Wildman–Crippen LogP) is 0.409. The highest BCUT2D eigenvalue weighted by Gasteiger charge is 2.17. The highest BCUT2D eigenvalue weighted by Crippen LogP contribution is 2.18. The van der Waals surface area contributed by atoms with Crippen LogP contribution >= 0.6 is 0 Å². The van der Waals surface area contributed by atoms with Crippen molar-refractivity contribution in [1.82, 2.24) is 9.97 Å². The Morgan fingerprint density at radius 3 is 2.33 bits per heavy atom. The molecule has 0 bridgehead atoms. The zero-order valence-corrected chi connectivity index (χ0v) is 9.96. The Bertz CT molecular complexity index is 638. The largest absolute Gasteiger partial charge is 0.383 e. The van der Waals surface area contributed by atoms with Crippen LogP contribution < -0.4 is 15.7 Å². The number of hydrogen-bond donors (Lipinski definition) is 2. The summed E-state index contributed by atoms with van der Waals surface area (Å²) in [5.74, 6) is -0.349. The zero-order chi connectivity index (χ0) is 13.2. The fraction of sp³-hybridized carbons (Fsp3) is 0. The maximum Gasteiger partial charge on any atom is 0.340 e. The van der Waals surface area contributed by atoms with Gasteiger partial charge < -0.3 is 15.7 Å². The van der Waals surface area contributed by atoms with E-state index in [9.17, 15) is 8.42 Å². The maximum atomic E-state index is 11.9. The molecule has 1 aromatic heterocycles. The van der Waals surface area contributed by atoms with E-state index in [1.165, 1.54) is 18.2 Å². The van der Waals surface area contributed by atoms with Crippen LogP contribution in [0.4, 0.5) is 11.8 Å². The third kappa shape index (κ3) is 2.66. The van der Waals surface area contributed by atoms with Gasteiger partial charge in [-0.2, -0.15) is 18.4 Å². The monoisotopic (exact) mass is 266 g/mol. The first-order valence-electron chi connectivity index (χ1n) is 4.87. The highest BCUT2D eigenvalue weighted by atomic mass is 32.2. The van der Waals surface area contributed by atoms with E-state index in [-0.39, 0.29) is 22.5 Å². The van der Waals surface area contributed by atoms with E-state index < -0.39 is 10.1 Å². The number of nitrogens with two attached hydrogens (primary N) is 2. The first-order valence-corrected chi connectivity index (χ1v) is 6.28. The molecule has 0 amide bonds. The van der Waals surface area contributed by atoms with Crippen molar-refractivity contribution in [2.75, 3.05) is 11.5 Å². The summed E-state index contributed by atoms with van der Waals surface area (Å²) in [5.41, 5.74) is 10.8. The highest BCUT2D eigenvalue weighted by molar-refractivity contribution is 7.87. The first-order chi connectivity index (χ1) is 8.47. The summed E-state index contributed by atoms with van der Waals surface area (Å²) in [6, 6.07) is 8.85. The van der Waals surface area contributed by atoms with Gasteiger partial charge in [0.1, 0.15) is 10.7 Å². The van der Waals surface area contributed by atoms with Crippen LogP contribution in [0.3, 0.4) is 0 Å². The maximum absolute atomic E-state index is 11.9. The molecule has 0 atom stereocenters. The molecular weight excluding hydrogens is 256 g/mol. The van der Waals surface area contributed by atoms with E-state index in [1.807, 2.05) is 0 Å². The minimum Gasteiger partial charge on any atom is -0.383 e. The number of aromatic nitrogens is 2. The van der Waals surface area contributed by atoms with Crippen LogP contribution in [0.5, 0.6) is 5.88 Å². The molecule has 0 spiro atoms. The SMILES string of the molecule is Nc1cc(OS(=O)(=O)c2ccccc2)nc(N)n1. The molecule has 2 aromatic rings. The fourth-order valence-electron chi connectivity index (χ4n) is 1.25. The van der Waals surface area contributed by atoms with Crippen molar-refractivity contribution in [3.63, 3.8) is 0 Å². The Morgan fingerprint density at radius 1 is 1.06 bits per heavy atom. The van der Waals surface area contributed by atoms with Crippen molar-refractivity contribution in [2.24, 2.45) is 0 Å². The Kier molecular flexibility index (Phi) is 3.02. The van der Waals surface area contributed by atoms with E-state index in [0.29, 0.717) is 0 Å². The van der Waals surface area contributed by atoms with Gasteiger partial charge in [-0.15, -0.1) is 0 Å². The van der Waals surface area contributed by atoms with Crippen molar-refractivity contribution < 1.29 is 12.6 Å². The third-order valence-corrected chi connectivity index (χ3v) is 3.21. The normalized spacial score (nSPS) is 11.1. The second-order valence-corrected chi connectivity index (χ2v) is 4.89. The minimum absolute atomic E-state index is 0.0146. The smallest absolute Gasteiger partial charge is 0.340 e. The Balaban J connectivity index is 2.34. The number of anilines is 2. The van der Waals surface area contributed by atoms with E-state index in [2.05, 4.69) is 9.97 Å². The van der Waals surface area contributed by atoms with Gasteiger partial charge >= 0.3 is 10.1 Å². The van der Waals surface area contributed by atoms with E-state index in [4.69, 9.17) is 15.7 Å². The summed E-state index contributed by atoms with van der Waals surface area (Å²) in [6.45, 7) is 0. The van der Waals surface area contributed by atoms with Crippen molar-refractivity contribution >= 4 is 21.9 Å². The lowest BCUT2D eigenvalue weighted by molar-refractivity contribution is 0.476. The molecule has 0 fully saturated rings. The van der Waals surface area contributed by atoms with Gasteiger partial charge in [-0.05, 0) is 12.1 Å². The molecule has 0 radical (unpaired) electrons. The average Bonchev–Trinajstić information content (AvgIpc) is 2.28. The third-order valence-electron chi connectivity index (χ3n) is 1.97. The lowest BCUT2D eigenvalue weighted by Gasteiger charge is -2.06. The molecule has 2 rings (SSSR count). The van der Waals surface area contributed by atoms with Gasteiger partial charge in [-0.3, -0.25) is 0 Å². The molecule has 0 saturated heterocycles. The van der Waals surface area contributed by atoms with Crippen molar-refractivity contribution in [3.05, 3.63) is 36.4 Å². The summed E-state index contributed by atoms with van der Waals surface area (Å²) in [7, 11) is -3.95. The quantitative estimate of drug-likeness (QED) is 0.771. The average molecular weight is 266 g/mol. The number of nitrogen functional groups attached to an aromatic ring is 2. The van der Waals surface area contributed by atoms with Gasteiger partial charge in [0.2, 0.25) is 11.8 Å². The molecule has 0 aliphatic rings. The van der Waals surface area contributed by atoms with Crippen LogP contribution in [0.25, 0.3) is 0 Å². The molecule has 0 aliphatic carbocycles. The summed E-state index contributed by atoms with van der Waals surface area (Å²) >= 11 is 0. The first kappa shape index (κ1) is 12.1. The van der Waals surface area contributed by atoms with Crippen molar-refractivity contribution in [2.45, 2.75) is 4.90 Å². The van der Waals surface area contributed by atoms with Gasteiger partial charge in [0.05, 0.1) is 0 Å². The van der Waals surface area contributed by atoms with Gasteiger partial charge in [-0.25, -0.2) is 0 Å². The Hall–Kier alpha value is -2.35. The number of benzene rings is 1. The molecule has 0 saturated carbocycles. The van der Waals surface area contributed by atoms with E-state index in [0.717, 1.165) is 0 Å². The van der Waals surface area contributed by atoms with Crippen LogP contribution in [0.1, 0.15) is 0 Å². The lowest BCUT2D eigenvalue weighted by Crippen LogP contribution is -2.12. The second kappa shape index (κ2) is 4.49. The summed E-state index contributed by atoms with van der Waals surface area (Å²) in [5, 5.41) is 0. The van der Waals surface area contributed by atoms with Gasteiger partial charge in [0.25, 0.3) is 0 Å². The van der Waals surface area contributed by atoms with Crippen LogP contribution in [0.15, 0.2) is 41.3 Å². The topological polar surface area (TPSA) is 121 Å². The van der Waals surface area contributed by atoms with Crippen LogP contribution in [-0.2, 0) is 10.1 Å². The van der Waals surface area contributed by atoms with E-state index in [1.54, 1.807) is 18.2 Å². The molecule has 0 aliphatic heterocycles. The summed E-state index contributed by atoms with van der Waals surface area (Å²) in [6.07, 6.45) is 0. The number of rotatable bonds is 3. The Labute approximate surface area is 104 Å². The molecule has 1 aromatic carbocycles. The van der Waals surface area contributed by atoms with Gasteiger partial charge in [0.15, 0.2) is 0 Å². The molecule has 1 heterocycles. The predicted molar refractivity (Wildman–Crippen MR) is 65.1 cm³/mol. The van der Waals surface area contributed by atoms with Crippen molar-refractivity contribution in [3.8, 4) is 5.88 Å². The molecule has 0 unspecified atom stereocenters. The zero-order valence-electron chi connectivity index (χ0n) is 9.15. The standard InChI is InChI=1S/C10H10N4O3S/c11-8-6-9(14-10(12)13-8)17-18(15,16)7-4-2-1-3-5-7/h1-6H,(H4,11,12,13,14). The fourth-order valence-corrected chi connectivity index (χ4v) is 2.15. The van der Waals surface area contributed by atoms with E-state index >= 15 is 0 Å². The molecule has 94 valence electrons. The minimum atomic E-state index is -3.95. The summed E-state index contributed by atoms with van der Waals surface area (Å²) in [4.78, 5) is 7.25. The van der Waals surface area contributed by atoms with Crippen LogP contribution in [0.2, 0.25) is 0 Å². The van der Waals surface area contributed by atoms with Crippen LogP contribution in [0, 0.1) is 0 Å². The molecule has 7 nitrogen and oxygen atoms in total. The number of hydrogen-bond acceptors (Lipinski definition) is 7. The molecule has 8 heteroatoms. The molecular formula is C10H10N4O3S. The number of nitrogens with zero attached hydrogens (tertiary/aromatic N) is 2. The van der Waals surface area contributed by atoms with Crippen LogP contribution in [-0.4, -0.2) is 18.4 Å². The molecule has 4 N–H and O–H groups in total. The second-order valence-electron chi connectivity index (χ2n) is 3.34. The van der Waals surface area contributed by atoms with Gasteiger partial charge in [-0.1, -0.05) is 18.2 Å². The van der Waals surface area contributed by atoms with Crippen molar-refractivity contribution in [1.29, 1.82) is 0 Å². The van der Waals surface area contributed by atoms with Gasteiger partial charge in [0, 0.05) is 6.07 Å². The Morgan fingerprint density at radius 2 is 1.72 bits per heavy atom. The summed E-state index contributed by atoms with van der Waals surface area (Å²) < 4.78 is 28.5. The lowest BCUT2D eigenvalue weighted by atomic mass is 10.4.